The topological polar surface area (TPSA) is 24.9 Å². The fraction of sp³-hybridized carbons (Fsp3) is 0.364. The van der Waals surface area contributed by atoms with Crippen LogP contribution in [0.5, 0.6) is 0 Å². The van der Waals surface area contributed by atoms with Gasteiger partial charge in [0.2, 0.25) is 0 Å². The van der Waals surface area contributed by atoms with Gasteiger partial charge in [0.25, 0.3) is 0 Å². The van der Waals surface area contributed by atoms with E-state index in [0.717, 1.165) is 13.0 Å². The molecular weight excluding hydrogens is 160 g/mol. The zero-order valence-electron chi connectivity index (χ0n) is 8.03. The summed E-state index contributed by atoms with van der Waals surface area (Å²) in [6.45, 7) is 1.08. The minimum Gasteiger partial charge on any atom is -0.320 e. The first-order chi connectivity index (χ1) is 6.43. The number of aromatic nitrogens is 1. The molecule has 0 aliphatic rings. The summed E-state index contributed by atoms with van der Waals surface area (Å²) in [5, 5.41) is 3.12. The monoisotopic (exact) mass is 176 g/mol. The molecule has 0 amide bonds. The van der Waals surface area contributed by atoms with Crippen LogP contribution < -0.4 is 5.32 Å². The summed E-state index contributed by atoms with van der Waals surface area (Å²) in [5.41, 5.74) is 1.17. The van der Waals surface area contributed by atoms with Crippen molar-refractivity contribution < 1.29 is 0 Å². The zero-order valence-corrected chi connectivity index (χ0v) is 8.03. The van der Waals surface area contributed by atoms with Gasteiger partial charge < -0.3 is 5.32 Å². The van der Waals surface area contributed by atoms with Crippen molar-refractivity contribution in [3.05, 3.63) is 36.2 Å². The SMILES string of the molecule is CNCCC/C=C/c1cccnc1. The molecule has 1 N–H and O–H groups in total. The number of hydrogen-bond donors (Lipinski definition) is 1. The van der Waals surface area contributed by atoms with E-state index >= 15 is 0 Å². The second-order valence-electron chi connectivity index (χ2n) is 2.93. The maximum atomic E-state index is 4.04. The summed E-state index contributed by atoms with van der Waals surface area (Å²) < 4.78 is 0. The van der Waals surface area contributed by atoms with Crippen LogP contribution in [0.15, 0.2) is 30.6 Å². The lowest BCUT2D eigenvalue weighted by molar-refractivity contribution is 0.736. The normalized spacial score (nSPS) is 10.8. The second kappa shape index (κ2) is 6.38. The summed E-state index contributed by atoms with van der Waals surface area (Å²) in [6, 6.07) is 4.01. The van der Waals surface area contributed by atoms with Gasteiger partial charge in [-0.1, -0.05) is 18.2 Å². The van der Waals surface area contributed by atoms with Crippen LogP contribution in [-0.2, 0) is 0 Å². The molecule has 0 aliphatic heterocycles. The predicted octanol–water partition coefficient (Wildman–Crippen LogP) is 2.09. The van der Waals surface area contributed by atoms with Crippen LogP contribution in [0.4, 0.5) is 0 Å². The molecule has 2 nitrogen and oxygen atoms in total. The lowest BCUT2D eigenvalue weighted by Gasteiger charge is -1.94. The van der Waals surface area contributed by atoms with E-state index in [4.69, 9.17) is 0 Å². The van der Waals surface area contributed by atoms with Crippen molar-refractivity contribution in [2.45, 2.75) is 12.8 Å². The number of nitrogens with one attached hydrogen (secondary N) is 1. The molecule has 0 saturated carbocycles. The van der Waals surface area contributed by atoms with E-state index in [9.17, 15) is 0 Å². The molecular formula is C11H16N2. The highest BCUT2D eigenvalue weighted by Crippen LogP contribution is 2.00. The number of hydrogen-bond acceptors (Lipinski definition) is 2. The first-order valence-corrected chi connectivity index (χ1v) is 4.64. The molecule has 0 aliphatic carbocycles. The first-order valence-electron chi connectivity index (χ1n) is 4.64. The van der Waals surface area contributed by atoms with Gasteiger partial charge in [-0.2, -0.15) is 0 Å². The van der Waals surface area contributed by atoms with Crippen molar-refractivity contribution in [1.29, 1.82) is 0 Å². The van der Waals surface area contributed by atoms with E-state index in [2.05, 4.69) is 28.5 Å². The van der Waals surface area contributed by atoms with Crippen LogP contribution in [0, 0.1) is 0 Å². The van der Waals surface area contributed by atoms with Crippen LogP contribution in [0.2, 0.25) is 0 Å². The summed E-state index contributed by atoms with van der Waals surface area (Å²) in [4.78, 5) is 4.04. The predicted molar refractivity (Wildman–Crippen MR) is 56.4 cm³/mol. The van der Waals surface area contributed by atoms with Gasteiger partial charge in [-0.25, -0.2) is 0 Å². The molecule has 70 valence electrons. The van der Waals surface area contributed by atoms with Gasteiger partial charge in [0.15, 0.2) is 0 Å². The van der Waals surface area contributed by atoms with E-state index in [1.54, 1.807) is 6.20 Å². The smallest absolute Gasteiger partial charge is 0.0340 e. The number of pyridine rings is 1. The van der Waals surface area contributed by atoms with Crippen molar-refractivity contribution in [3.63, 3.8) is 0 Å². The van der Waals surface area contributed by atoms with E-state index in [1.165, 1.54) is 12.0 Å². The molecule has 1 aromatic heterocycles. The Morgan fingerprint density at radius 1 is 1.54 bits per heavy atom. The molecule has 0 radical (unpaired) electrons. The molecule has 0 aromatic carbocycles. The molecule has 1 aromatic rings. The standard InChI is InChI=1S/C11H16N2/c1-12-8-4-2-3-6-11-7-5-9-13-10-11/h3,5-7,9-10,12H,2,4,8H2,1H3/b6-3+. The lowest BCUT2D eigenvalue weighted by Crippen LogP contribution is -2.06. The molecule has 0 spiro atoms. The van der Waals surface area contributed by atoms with Crippen LogP contribution in [0.25, 0.3) is 6.08 Å². The molecule has 0 bridgehead atoms. The number of unbranched alkanes of at least 4 members (excludes halogenated alkanes) is 1. The number of nitrogens with zero attached hydrogens (tertiary/aromatic N) is 1. The molecule has 0 unspecified atom stereocenters. The highest BCUT2D eigenvalue weighted by Gasteiger charge is 1.83. The van der Waals surface area contributed by atoms with Crippen molar-refractivity contribution in [2.24, 2.45) is 0 Å². The van der Waals surface area contributed by atoms with E-state index < -0.39 is 0 Å². The minimum atomic E-state index is 1.08. The van der Waals surface area contributed by atoms with Gasteiger partial charge in [-0.15, -0.1) is 0 Å². The van der Waals surface area contributed by atoms with Crippen LogP contribution in [0.3, 0.4) is 0 Å². The molecule has 0 atom stereocenters. The molecule has 1 heterocycles. The fourth-order valence-electron chi connectivity index (χ4n) is 1.09. The molecule has 1 rings (SSSR count). The third-order valence-electron chi connectivity index (χ3n) is 1.79. The number of rotatable bonds is 5. The van der Waals surface area contributed by atoms with Gasteiger partial charge in [0, 0.05) is 12.4 Å². The van der Waals surface area contributed by atoms with Crippen LogP contribution in [-0.4, -0.2) is 18.6 Å². The van der Waals surface area contributed by atoms with Gasteiger partial charge >= 0.3 is 0 Å². The minimum absolute atomic E-state index is 1.08. The van der Waals surface area contributed by atoms with E-state index in [-0.39, 0.29) is 0 Å². The average Bonchev–Trinajstić information content (AvgIpc) is 2.19. The lowest BCUT2D eigenvalue weighted by atomic mass is 10.2. The maximum absolute atomic E-state index is 4.04. The first kappa shape index (κ1) is 9.93. The summed E-state index contributed by atoms with van der Waals surface area (Å²) in [5.74, 6) is 0. The summed E-state index contributed by atoms with van der Waals surface area (Å²) >= 11 is 0. The Morgan fingerprint density at radius 3 is 3.15 bits per heavy atom. The van der Waals surface area contributed by atoms with Gasteiger partial charge in [-0.3, -0.25) is 4.98 Å². The maximum Gasteiger partial charge on any atom is 0.0340 e. The highest BCUT2D eigenvalue weighted by molar-refractivity contribution is 5.46. The Labute approximate surface area is 79.7 Å². The van der Waals surface area contributed by atoms with E-state index in [0.29, 0.717) is 0 Å². The summed E-state index contributed by atoms with van der Waals surface area (Å²) in [6.07, 6.45) is 10.3. The van der Waals surface area contributed by atoms with Gasteiger partial charge in [0.1, 0.15) is 0 Å². The molecule has 2 heteroatoms. The third-order valence-corrected chi connectivity index (χ3v) is 1.79. The average molecular weight is 176 g/mol. The van der Waals surface area contributed by atoms with Gasteiger partial charge in [-0.05, 0) is 38.1 Å². The third kappa shape index (κ3) is 4.43. The van der Waals surface area contributed by atoms with Crippen molar-refractivity contribution >= 4 is 6.08 Å². The zero-order chi connectivity index (χ0) is 9.36. The van der Waals surface area contributed by atoms with Crippen molar-refractivity contribution in [1.82, 2.24) is 10.3 Å². The summed E-state index contributed by atoms with van der Waals surface area (Å²) in [7, 11) is 1.98. The van der Waals surface area contributed by atoms with Crippen molar-refractivity contribution in [2.75, 3.05) is 13.6 Å². The van der Waals surface area contributed by atoms with Crippen LogP contribution in [0.1, 0.15) is 18.4 Å². The second-order valence-corrected chi connectivity index (χ2v) is 2.93. The Bertz CT molecular complexity index is 242. The quantitative estimate of drug-likeness (QED) is 0.695. The van der Waals surface area contributed by atoms with Crippen molar-refractivity contribution in [3.8, 4) is 0 Å². The fourth-order valence-corrected chi connectivity index (χ4v) is 1.09. The molecule has 0 fully saturated rings. The Balaban J connectivity index is 2.25. The molecule has 13 heavy (non-hydrogen) atoms. The Hall–Kier alpha value is -1.15. The van der Waals surface area contributed by atoms with Crippen LogP contribution >= 0.6 is 0 Å². The largest absolute Gasteiger partial charge is 0.320 e. The molecule has 0 saturated heterocycles. The highest BCUT2D eigenvalue weighted by atomic mass is 14.8. The Morgan fingerprint density at radius 2 is 2.46 bits per heavy atom. The Kier molecular flexibility index (Phi) is 4.87. The van der Waals surface area contributed by atoms with Gasteiger partial charge in [0.05, 0.1) is 0 Å². The number of allylic oxidation sites excluding steroid dienone is 1. The van der Waals surface area contributed by atoms with E-state index in [1.807, 2.05) is 19.3 Å².